The number of aryl methyl sites for hydroxylation is 1. The van der Waals surface area contributed by atoms with Gasteiger partial charge in [0.1, 0.15) is 6.54 Å². The molecule has 1 amide bonds. The zero-order chi connectivity index (χ0) is 15.2. The largest absolute Gasteiger partial charge is 0.375 e. The van der Waals surface area contributed by atoms with Crippen LogP contribution in [0.25, 0.3) is 10.9 Å². The van der Waals surface area contributed by atoms with Crippen LogP contribution in [0.1, 0.15) is 12.6 Å². The second kappa shape index (κ2) is 7.09. The zero-order valence-corrected chi connectivity index (χ0v) is 12.7. The quantitative estimate of drug-likeness (QED) is 0.628. The first kappa shape index (κ1) is 15.3. The Hall–Kier alpha value is -2.07. The highest BCUT2D eigenvalue weighted by molar-refractivity contribution is 5.84. The van der Waals surface area contributed by atoms with Gasteiger partial charge in [-0.15, -0.1) is 0 Å². The first-order valence-corrected chi connectivity index (χ1v) is 7.11. The molecule has 1 aromatic carbocycles. The summed E-state index contributed by atoms with van der Waals surface area (Å²) in [7, 11) is 0. The number of benzene rings is 1. The fourth-order valence-electron chi connectivity index (χ4n) is 2.27. The number of hydrogen-bond donors (Lipinski definition) is 1. The predicted octanol–water partition coefficient (Wildman–Crippen LogP) is 2.66. The van der Waals surface area contributed by atoms with Crippen molar-refractivity contribution in [3.8, 4) is 0 Å². The van der Waals surface area contributed by atoms with Crippen LogP contribution in [0.5, 0.6) is 0 Å². The normalized spacial score (nSPS) is 10.8. The Bertz CT molecular complexity index is 643. The molecule has 2 rings (SSSR count). The van der Waals surface area contributed by atoms with Crippen molar-refractivity contribution in [2.24, 2.45) is 0 Å². The van der Waals surface area contributed by atoms with Crippen LogP contribution in [-0.4, -0.2) is 30.2 Å². The van der Waals surface area contributed by atoms with E-state index >= 15 is 0 Å². The van der Waals surface area contributed by atoms with Crippen molar-refractivity contribution >= 4 is 16.8 Å². The van der Waals surface area contributed by atoms with Crippen LogP contribution >= 0.6 is 0 Å². The van der Waals surface area contributed by atoms with Crippen molar-refractivity contribution in [2.45, 2.75) is 20.4 Å². The van der Waals surface area contributed by atoms with E-state index in [-0.39, 0.29) is 5.91 Å². The van der Waals surface area contributed by atoms with Crippen LogP contribution in [0.4, 0.5) is 0 Å². The lowest BCUT2D eigenvalue weighted by Crippen LogP contribution is -2.30. The van der Waals surface area contributed by atoms with Gasteiger partial charge in [0.25, 0.3) is 0 Å². The highest BCUT2D eigenvalue weighted by atomic mass is 16.5. The molecule has 0 atom stereocenters. The van der Waals surface area contributed by atoms with Gasteiger partial charge in [-0.3, -0.25) is 4.79 Å². The predicted molar refractivity (Wildman–Crippen MR) is 85.3 cm³/mol. The van der Waals surface area contributed by atoms with Crippen LogP contribution in [0.2, 0.25) is 0 Å². The van der Waals surface area contributed by atoms with Gasteiger partial charge in [-0.1, -0.05) is 30.4 Å². The van der Waals surface area contributed by atoms with Crippen molar-refractivity contribution in [3.05, 3.63) is 48.2 Å². The average molecular weight is 286 g/mol. The number of hydrogen-bond acceptors (Lipinski definition) is 2. The molecule has 4 nitrogen and oxygen atoms in total. The lowest BCUT2D eigenvalue weighted by molar-refractivity contribution is -0.121. The number of amides is 1. The molecule has 0 bridgehead atoms. The van der Waals surface area contributed by atoms with Crippen LogP contribution < -0.4 is 5.32 Å². The first-order valence-electron chi connectivity index (χ1n) is 7.11. The number of carbonyl (C=O) groups excluding carboxylic acids is 1. The summed E-state index contributed by atoms with van der Waals surface area (Å²) in [6, 6.07) is 10.2. The molecular formula is C17H22N2O2. The number of rotatable bonds is 7. The summed E-state index contributed by atoms with van der Waals surface area (Å²) in [6.07, 6.45) is 0. The van der Waals surface area contributed by atoms with E-state index in [0.717, 1.165) is 22.2 Å². The number of carbonyl (C=O) groups is 1. The van der Waals surface area contributed by atoms with Gasteiger partial charge in [0.15, 0.2) is 0 Å². The Labute approximate surface area is 125 Å². The van der Waals surface area contributed by atoms with Gasteiger partial charge in [0, 0.05) is 17.8 Å². The summed E-state index contributed by atoms with van der Waals surface area (Å²) in [5.41, 5.74) is 3.16. The second-order valence-electron chi connectivity index (χ2n) is 5.29. The van der Waals surface area contributed by atoms with E-state index in [9.17, 15) is 4.79 Å². The molecule has 1 N–H and O–H groups in total. The maximum absolute atomic E-state index is 12.0. The minimum absolute atomic E-state index is 0.00150. The van der Waals surface area contributed by atoms with Crippen molar-refractivity contribution < 1.29 is 9.53 Å². The lowest BCUT2D eigenvalue weighted by atomic mass is 10.2. The van der Waals surface area contributed by atoms with E-state index in [4.69, 9.17) is 4.74 Å². The van der Waals surface area contributed by atoms with Gasteiger partial charge in [-0.05, 0) is 31.4 Å². The third-order valence-electron chi connectivity index (χ3n) is 3.24. The van der Waals surface area contributed by atoms with E-state index in [1.54, 1.807) is 0 Å². The molecule has 21 heavy (non-hydrogen) atoms. The summed E-state index contributed by atoms with van der Waals surface area (Å²) in [5, 5.41) is 4.03. The molecule has 0 unspecified atom stereocenters. The van der Waals surface area contributed by atoms with Crippen LogP contribution in [-0.2, 0) is 16.1 Å². The molecule has 0 saturated heterocycles. The minimum Gasteiger partial charge on any atom is -0.375 e. The molecule has 2 aromatic rings. The van der Waals surface area contributed by atoms with Gasteiger partial charge in [0.2, 0.25) is 5.91 Å². The Morgan fingerprint density at radius 3 is 2.90 bits per heavy atom. The van der Waals surface area contributed by atoms with E-state index in [1.807, 2.05) is 36.6 Å². The molecule has 0 fully saturated rings. The summed E-state index contributed by atoms with van der Waals surface area (Å²) < 4.78 is 7.38. The smallest absolute Gasteiger partial charge is 0.240 e. The zero-order valence-electron chi connectivity index (χ0n) is 12.7. The van der Waals surface area contributed by atoms with Gasteiger partial charge in [0.05, 0.1) is 13.2 Å². The molecule has 0 aliphatic carbocycles. The molecular weight excluding hydrogens is 264 g/mol. The second-order valence-corrected chi connectivity index (χ2v) is 5.29. The molecule has 0 aliphatic heterocycles. The van der Waals surface area contributed by atoms with E-state index in [1.165, 1.54) is 0 Å². The topological polar surface area (TPSA) is 43.3 Å². The summed E-state index contributed by atoms with van der Waals surface area (Å²) in [5.74, 6) is -0.00150. The van der Waals surface area contributed by atoms with Gasteiger partial charge in [-0.2, -0.15) is 0 Å². The molecule has 1 aromatic heterocycles. The van der Waals surface area contributed by atoms with Crippen molar-refractivity contribution in [3.63, 3.8) is 0 Å². The van der Waals surface area contributed by atoms with Crippen LogP contribution in [0, 0.1) is 6.92 Å². The number of para-hydroxylation sites is 1. The fourth-order valence-corrected chi connectivity index (χ4v) is 2.27. The fraction of sp³-hybridized carbons (Fsp3) is 0.353. The van der Waals surface area contributed by atoms with Crippen molar-refractivity contribution in [2.75, 3.05) is 19.8 Å². The minimum atomic E-state index is -0.00150. The molecule has 0 spiro atoms. The highest BCUT2D eigenvalue weighted by Gasteiger charge is 2.08. The molecule has 112 valence electrons. The van der Waals surface area contributed by atoms with E-state index < -0.39 is 0 Å². The van der Waals surface area contributed by atoms with Crippen molar-refractivity contribution in [1.29, 1.82) is 0 Å². The number of nitrogens with one attached hydrogen (secondary N) is 1. The standard InChI is InChI=1S/C17H22N2O2/c1-13(2)12-21-9-8-18-17(20)11-19-14(3)10-15-6-4-5-7-16(15)19/h4-7,10H,1,8-9,11-12H2,2-3H3,(H,18,20). The Morgan fingerprint density at radius 2 is 2.14 bits per heavy atom. The van der Waals surface area contributed by atoms with E-state index in [2.05, 4.69) is 24.0 Å². The van der Waals surface area contributed by atoms with Crippen molar-refractivity contribution in [1.82, 2.24) is 9.88 Å². The maximum Gasteiger partial charge on any atom is 0.240 e. The molecule has 0 saturated carbocycles. The SMILES string of the molecule is C=C(C)COCCNC(=O)Cn1c(C)cc2ccccc21. The number of fused-ring (bicyclic) bond motifs is 1. The number of aromatic nitrogens is 1. The first-order chi connectivity index (χ1) is 10.1. The van der Waals surface area contributed by atoms with Gasteiger partial charge >= 0.3 is 0 Å². The summed E-state index contributed by atoms with van der Waals surface area (Å²) in [6.45, 7) is 9.59. The van der Waals surface area contributed by atoms with E-state index in [0.29, 0.717) is 26.3 Å². The average Bonchev–Trinajstić information content (AvgIpc) is 2.74. The Kier molecular flexibility index (Phi) is 5.17. The molecule has 0 radical (unpaired) electrons. The Balaban J connectivity index is 1.87. The maximum atomic E-state index is 12.0. The van der Waals surface area contributed by atoms with Crippen LogP contribution in [0.15, 0.2) is 42.5 Å². The molecule has 4 heteroatoms. The third kappa shape index (κ3) is 4.20. The van der Waals surface area contributed by atoms with Crippen LogP contribution in [0.3, 0.4) is 0 Å². The lowest BCUT2D eigenvalue weighted by Gasteiger charge is -2.09. The number of ether oxygens (including phenoxy) is 1. The number of nitrogens with zero attached hydrogens (tertiary/aromatic N) is 1. The summed E-state index contributed by atoms with van der Waals surface area (Å²) in [4.78, 5) is 12.0. The molecule has 0 aliphatic rings. The Morgan fingerprint density at radius 1 is 1.38 bits per heavy atom. The monoisotopic (exact) mass is 286 g/mol. The van der Waals surface area contributed by atoms with Gasteiger partial charge in [-0.25, -0.2) is 0 Å². The van der Waals surface area contributed by atoms with Gasteiger partial charge < -0.3 is 14.6 Å². The third-order valence-corrected chi connectivity index (χ3v) is 3.24. The molecule has 1 heterocycles. The highest BCUT2D eigenvalue weighted by Crippen LogP contribution is 2.18. The summed E-state index contributed by atoms with van der Waals surface area (Å²) >= 11 is 0.